The minimum Gasteiger partial charge on any atom is -0.495 e. The van der Waals surface area contributed by atoms with Crippen molar-refractivity contribution in [2.75, 3.05) is 12.8 Å². The van der Waals surface area contributed by atoms with Crippen molar-refractivity contribution in [1.82, 2.24) is 9.97 Å². The molecule has 0 fully saturated rings. The van der Waals surface area contributed by atoms with E-state index in [0.717, 1.165) is 0 Å². The molecular weight excluding hydrogens is 286 g/mol. The molecule has 0 spiro atoms. The van der Waals surface area contributed by atoms with Crippen molar-refractivity contribution < 1.29 is 9.47 Å². The maximum absolute atomic E-state index is 5.77. The number of anilines is 1. The summed E-state index contributed by atoms with van der Waals surface area (Å²) in [5.74, 6) is 1.63. The molecular formula is C11H10BrN3O2. The first-order valence-corrected chi connectivity index (χ1v) is 5.57. The predicted octanol–water partition coefficient (Wildman–Crippen LogP) is 2.62. The van der Waals surface area contributed by atoms with Gasteiger partial charge in [-0.3, -0.25) is 0 Å². The molecule has 0 aliphatic carbocycles. The van der Waals surface area contributed by atoms with E-state index in [4.69, 9.17) is 15.2 Å². The Labute approximate surface area is 107 Å². The lowest BCUT2D eigenvalue weighted by Gasteiger charge is -2.08. The van der Waals surface area contributed by atoms with Crippen LogP contribution in [-0.2, 0) is 0 Å². The summed E-state index contributed by atoms with van der Waals surface area (Å²) in [6, 6.07) is 5.16. The molecule has 0 saturated heterocycles. The first-order valence-electron chi connectivity index (χ1n) is 4.77. The first kappa shape index (κ1) is 11.7. The number of nitrogens with two attached hydrogens (primary N) is 1. The second-order valence-electron chi connectivity index (χ2n) is 3.18. The second kappa shape index (κ2) is 5.01. The third-order valence-corrected chi connectivity index (χ3v) is 2.59. The molecule has 1 aromatic carbocycles. The van der Waals surface area contributed by atoms with Crippen molar-refractivity contribution in [1.29, 1.82) is 0 Å². The average molecular weight is 296 g/mol. The van der Waals surface area contributed by atoms with E-state index in [9.17, 15) is 0 Å². The molecule has 0 atom stereocenters. The molecule has 2 aromatic rings. The van der Waals surface area contributed by atoms with Gasteiger partial charge in [0.15, 0.2) is 0 Å². The Morgan fingerprint density at radius 3 is 2.82 bits per heavy atom. The van der Waals surface area contributed by atoms with Gasteiger partial charge in [-0.1, -0.05) is 0 Å². The molecule has 0 bridgehead atoms. The lowest BCUT2D eigenvalue weighted by atomic mass is 10.3. The Kier molecular flexibility index (Phi) is 3.43. The summed E-state index contributed by atoms with van der Waals surface area (Å²) in [7, 11) is 1.56. The third kappa shape index (κ3) is 2.65. The van der Waals surface area contributed by atoms with Crippen LogP contribution in [-0.4, -0.2) is 17.1 Å². The Morgan fingerprint density at radius 1 is 1.35 bits per heavy atom. The number of ether oxygens (including phenoxy) is 2. The molecule has 2 N–H and O–H groups in total. The van der Waals surface area contributed by atoms with Crippen LogP contribution in [0.3, 0.4) is 0 Å². The third-order valence-electron chi connectivity index (χ3n) is 2.05. The smallest absolute Gasteiger partial charge is 0.236 e. The summed E-state index contributed by atoms with van der Waals surface area (Å²) < 4.78 is 11.3. The van der Waals surface area contributed by atoms with E-state index >= 15 is 0 Å². The molecule has 0 saturated carbocycles. The van der Waals surface area contributed by atoms with Crippen LogP contribution in [0.4, 0.5) is 5.69 Å². The van der Waals surface area contributed by atoms with Gasteiger partial charge in [0.25, 0.3) is 0 Å². The number of nitrogen functional groups attached to an aromatic ring is 1. The van der Waals surface area contributed by atoms with Gasteiger partial charge in [-0.25, -0.2) is 9.97 Å². The Morgan fingerprint density at radius 2 is 2.18 bits per heavy atom. The van der Waals surface area contributed by atoms with Crippen LogP contribution in [0.5, 0.6) is 17.4 Å². The van der Waals surface area contributed by atoms with E-state index in [2.05, 4.69) is 25.9 Å². The standard InChI is InChI=1S/C11H10BrN3O2/c1-16-10-3-2-7(4-9(10)13)17-11-8(12)5-14-6-15-11/h2-6H,13H2,1H3. The van der Waals surface area contributed by atoms with Gasteiger partial charge < -0.3 is 15.2 Å². The number of methoxy groups -OCH3 is 1. The van der Waals surface area contributed by atoms with Gasteiger partial charge in [0, 0.05) is 12.3 Å². The van der Waals surface area contributed by atoms with Gasteiger partial charge >= 0.3 is 0 Å². The topological polar surface area (TPSA) is 70.3 Å². The SMILES string of the molecule is COc1ccc(Oc2ncncc2Br)cc1N. The van der Waals surface area contributed by atoms with Crippen LogP contribution >= 0.6 is 15.9 Å². The number of benzene rings is 1. The largest absolute Gasteiger partial charge is 0.495 e. The molecule has 5 nitrogen and oxygen atoms in total. The van der Waals surface area contributed by atoms with Crippen LogP contribution in [0, 0.1) is 0 Å². The first-order chi connectivity index (χ1) is 8.20. The zero-order valence-corrected chi connectivity index (χ0v) is 10.6. The minimum atomic E-state index is 0.435. The van der Waals surface area contributed by atoms with Crippen molar-refractivity contribution in [3.63, 3.8) is 0 Å². The average Bonchev–Trinajstić information content (AvgIpc) is 2.32. The fraction of sp³-hybridized carbons (Fsp3) is 0.0909. The summed E-state index contributed by atoms with van der Waals surface area (Å²) in [6.45, 7) is 0. The zero-order chi connectivity index (χ0) is 12.3. The van der Waals surface area contributed by atoms with E-state index < -0.39 is 0 Å². The summed E-state index contributed by atoms with van der Waals surface area (Å²) in [5.41, 5.74) is 6.28. The number of hydrogen-bond donors (Lipinski definition) is 1. The van der Waals surface area contributed by atoms with Crippen molar-refractivity contribution in [2.24, 2.45) is 0 Å². The van der Waals surface area contributed by atoms with E-state index in [-0.39, 0.29) is 0 Å². The molecule has 0 aliphatic heterocycles. The quantitative estimate of drug-likeness (QED) is 0.882. The highest BCUT2D eigenvalue weighted by atomic mass is 79.9. The molecule has 88 valence electrons. The van der Waals surface area contributed by atoms with Crippen molar-refractivity contribution in [3.05, 3.63) is 35.2 Å². The number of aromatic nitrogens is 2. The fourth-order valence-corrected chi connectivity index (χ4v) is 1.57. The van der Waals surface area contributed by atoms with E-state index in [1.807, 2.05) is 0 Å². The van der Waals surface area contributed by atoms with Crippen LogP contribution in [0.2, 0.25) is 0 Å². The summed E-state index contributed by atoms with van der Waals surface area (Å²) in [6.07, 6.45) is 3.02. The summed E-state index contributed by atoms with van der Waals surface area (Å²) in [4.78, 5) is 7.84. The van der Waals surface area contributed by atoms with Gasteiger partial charge in [-0.05, 0) is 28.1 Å². The van der Waals surface area contributed by atoms with Gasteiger partial charge in [0.2, 0.25) is 5.88 Å². The monoisotopic (exact) mass is 295 g/mol. The van der Waals surface area contributed by atoms with Crippen LogP contribution < -0.4 is 15.2 Å². The molecule has 1 heterocycles. The number of halogens is 1. The maximum Gasteiger partial charge on any atom is 0.236 e. The van der Waals surface area contributed by atoms with E-state index in [1.165, 1.54) is 6.33 Å². The Bertz CT molecular complexity index is 534. The molecule has 6 heteroatoms. The highest BCUT2D eigenvalue weighted by molar-refractivity contribution is 9.10. The van der Waals surface area contributed by atoms with Crippen molar-refractivity contribution >= 4 is 21.6 Å². The minimum absolute atomic E-state index is 0.435. The molecule has 0 radical (unpaired) electrons. The van der Waals surface area contributed by atoms with Gasteiger partial charge in [0.1, 0.15) is 17.8 Å². The highest BCUT2D eigenvalue weighted by Gasteiger charge is 2.06. The number of nitrogens with zero attached hydrogens (tertiary/aromatic N) is 2. The zero-order valence-electron chi connectivity index (χ0n) is 9.05. The summed E-state index contributed by atoms with van der Waals surface area (Å²) >= 11 is 3.29. The van der Waals surface area contributed by atoms with Gasteiger partial charge in [0.05, 0.1) is 17.3 Å². The van der Waals surface area contributed by atoms with E-state index in [1.54, 1.807) is 31.5 Å². The Hall–Kier alpha value is -1.82. The van der Waals surface area contributed by atoms with Crippen LogP contribution in [0.1, 0.15) is 0 Å². The predicted molar refractivity (Wildman–Crippen MR) is 67.2 cm³/mol. The molecule has 0 amide bonds. The molecule has 2 rings (SSSR count). The second-order valence-corrected chi connectivity index (χ2v) is 4.04. The summed E-state index contributed by atoms with van der Waals surface area (Å²) in [5, 5.41) is 0. The van der Waals surface area contributed by atoms with Gasteiger partial charge in [-0.15, -0.1) is 0 Å². The van der Waals surface area contributed by atoms with Crippen molar-refractivity contribution in [2.45, 2.75) is 0 Å². The normalized spacial score (nSPS) is 10.0. The molecule has 0 aliphatic rings. The number of rotatable bonds is 3. The highest BCUT2D eigenvalue weighted by Crippen LogP contribution is 2.30. The molecule has 0 unspecified atom stereocenters. The van der Waals surface area contributed by atoms with Crippen molar-refractivity contribution in [3.8, 4) is 17.4 Å². The van der Waals surface area contributed by atoms with Crippen LogP contribution in [0.25, 0.3) is 0 Å². The molecule has 17 heavy (non-hydrogen) atoms. The molecule has 1 aromatic heterocycles. The fourth-order valence-electron chi connectivity index (χ4n) is 1.26. The van der Waals surface area contributed by atoms with Gasteiger partial charge in [-0.2, -0.15) is 0 Å². The lowest BCUT2D eigenvalue weighted by Crippen LogP contribution is -1.94. The lowest BCUT2D eigenvalue weighted by molar-refractivity contribution is 0.414. The van der Waals surface area contributed by atoms with Crippen LogP contribution in [0.15, 0.2) is 35.2 Å². The Balaban J connectivity index is 2.25. The maximum atomic E-state index is 5.77. The van der Waals surface area contributed by atoms with E-state index in [0.29, 0.717) is 27.5 Å². The number of hydrogen-bond acceptors (Lipinski definition) is 5.